The Bertz CT molecular complexity index is 484. The van der Waals surface area contributed by atoms with Crippen molar-refractivity contribution in [3.63, 3.8) is 0 Å². The fourth-order valence-corrected chi connectivity index (χ4v) is 3.36. The number of halogens is 1. The van der Waals surface area contributed by atoms with Gasteiger partial charge in [-0.2, -0.15) is 0 Å². The molecule has 1 aromatic rings. The lowest BCUT2D eigenvalue weighted by Crippen LogP contribution is -2.45. The Labute approximate surface area is 121 Å². The molecule has 20 heavy (non-hydrogen) atoms. The molecule has 1 saturated carbocycles. The third kappa shape index (κ3) is 3.14. The summed E-state index contributed by atoms with van der Waals surface area (Å²) in [6.07, 6.45) is 3.29. The minimum absolute atomic E-state index is 0.219. The van der Waals surface area contributed by atoms with E-state index in [0.717, 1.165) is 24.8 Å². The van der Waals surface area contributed by atoms with Crippen LogP contribution in [0.25, 0.3) is 0 Å². The van der Waals surface area contributed by atoms with Crippen LogP contribution in [-0.2, 0) is 6.42 Å². The Morgan fingerprint density at radius 2 is 2.05 bits per heavy atom. The lowest BCUT2D eigenvalue weighted by atomic mass is 9.64. The Hall–Kier alpha value is -1.09. The molecule has 0 bridgehead atoms. The van der Waals surface area contributed by atoms with Gasteiger partial charge in [0.15, 0.2) is 11.6 Å². The van der Waals surface area contributed by atoms with Crippen molar-refractivity contribution in [2.45, 2.75) is 52.1 Å². The van der Waals surface area contributed by atoms with Crippen molar-refractivity contribution in [2.24, 2.45) is 11.3 Å². The van der Waals surface area contributed by atoms with Gasteiger partial charge in [-0.05, 0) is 48.3 Å². The van der Waals surface area contributed by atoms with Crippen molar-refractivity contribution in [3.8, 4) is 5.75 Å². The normalized spacial score (nSPS) is 29.2. The van der Waals surface area contributed by atoms with Crippen LogP contribution in [0.3, 0.4) is 0 Å². The van der Waals surface area contributed by atoms with Crippen LogP contribution in [0.15, 0.2) is 18.2 Å². The van der Waals surface area contributed by atoms with Gasteiger partial charge in [-0.25, -0.2) is 4.39 Å². The monoisotopic (exact) mass is 280 g/mol. The quantitative estimate of drug-likeness (QED) is 0.908. The summed E-state index contributed by atoms with van der Waals surface area (Å²) in [5, 5.41) is 10.9. The van der Waals surface area contributed by atoms with Gasteiger partial charge in [0.25, 0.3) is 0 Å². The van der Waals surface area contributed by atoms with E-state index in [9.17, 15) is 9.50 Å². The number of hydrogen-bond donors (Lipinski definition) is 1. The zero-order valence-corrected chi connectivity index (χ0v) is 12.9. The number of ether oxygens (including phenoxy) is 1. The van der Waals surface area contributed by atoms with Gasteiger partial charge in [-0.15, -0.1) is 0 Å². The van der Waals surface area contributed by atoms with Gasteiger partial charge in [-0.3, -0.25) is 0 Å². The van der Waals surface area contributed by atoms with Crippen molar-refractivity contribution >= 4 is 0 Å². The molecule has 1 N–H and O–H groups in total. The maximum absolute atomic E-state index is 13.7. The van der Waals surface area contributed by atoms with Crippen molar-refractivity contribution < 1.29 is 14.2 Å². The summed E-state index contributed by atoms with van der Waals surface area (Å²) in [6, 6.07) is 4.95. The first kappa shape index (κ1) is 15.3. The predicted octanol–water partition coefficient (Wildman–Crippen LogP) is 3.95. The molecule has 0 spiro atoms. The number of benzene rings is 1. The van der Waals surface area contributed by atoms with Gasteiger partial charge in [-0.1, -0.05) is 26.8 Å². The highest BCUT2D eigenvalue weighted by molar-refractivity contribution is 5.30. The second kappa shape index (κ2) is 5.36. The highest BCUT2D eigenvalue weighted by atomic mass is 19.1. The molecule has 0 aromatic heterocycles. The number of rotatable bonds is 3. The average molecular weight is 280 g/mol. The summed E-state index contributed by atoms with van der Waals surface area (Å²) < 4.78 is 18.7. The summed E-state index contributed by atoms with van der Waals surface area (Å²) in [4.78, 5) is 0. The predicted molar refractivity (Wildman–Crippen MR) is 78.4 cm³/mol. The Morgan fingerprint density at radius 3 is 2.60 bits per heavy atom. The zero-order chi connectivity index (χ0) is 15.0. The van der Waals surface area contributed by atoms with E-state index >= 15 is 0 Å². The summed E-state index contributed by atoms with van der Waals surface area (Å²) in [6.45, 7) is 6.59. The Balaban J connectivity index is 2.14. The SMILES string of the molecule is COc1ccc(CC2(O)CCC(C)(C)CC2C)cc1F. The molecule has 0 amide bonds. The first-order chi connectivity index (χ1) is 9.26. The average Bonchev–Trinajstić information content (AvgIpc) is 2.35. The first-order valence-electron chi connectivity index (χ1n) is 7.31. The van der Waals surface area contributed by atoms with E-state index in [1.807, 2.05) is 6.07 Å². The molecule has 112 valence electrons. The summed E-state index contributed by atoms with van der Waals surface area (Å²) in [7, 11) is 1.46. The molecule has 0 heterocycles. The van der Waals surface area contributed by atoms with Crippen LogP contribution in [0.2, 0.25) is 0 Å². The van der Waals surface area contributed by atoms with Crippen molar-refractivity contribution in [1.82, 2.24) is 0 Å². The van der Waals surface area contributed by atoms with E-state index in [-0.39, 0.29) is 22.9 Å². The first-order valence-corrected chi connectivity index (χ1v) is 7.31. The number of hydrogen-bond acceptors (Lipinski definition) is 2. The van der Waals surface area contributed by atoms with E-state index in [1.165, 1.54) is 13.2 Å². The maximum Gasteiger partial charge on any atom is 0.165 e. The standard InChI is InChI=1S/C17H25FO2/c1-12-10-16(2,3)7-8-17(12,19)11-13-5-6-15(20-4)14(18)9-13/h5-6,9,12,19H,7-8,10-11H2,1-4H3. The Kier molecular flexibility index (Phi) is 4.10. The lowest BCUT2D eigenvalue weighted by Gasteiger charge is -2.45. The van der Waals surface area contributed by atoms with Crippen LogP contribution in [0.4, 0.5) is 4.39 Å². The van der Waals surface area contributed by atoms with Crippen LogP contribution in [0, 0.1) is 17.2 Å². The molecular formula is C17H25FO2. The van der Waals surface area contributed by atoms with E-state index in [2.05, 4.69) is 20.8 Å². The minimum Gasteiger partial charge on any atom is -0.494 e. The summed E-state index contributed by atoms with van der Waals surface area (Å²) in [5.41, 5.74) is 0.394. The topological polar surface area (TPSA) is 29.5 Å². The zero-order valence-electron chi connectivity index (χ0n) is 12.9. The van der Waals surface area contributed by atoms with Crippen LogP contribution in [-0.4, -0.2) is 17.8 Å². The molecule has 2 rings (SSSR count). The van der Waals surface area contributed by atoms with Crippen LogP contribution < -0.4 is 4.74 Å². The van der Waals surface area contributed by atoms with Gasteiger partial charge in [0.1, 0.15) is 0 Å². The second-order valence-corrected chi connectivity index (χ2v) is 7.02. The van der Waals surface area contributed by atoms with Crippen LogP contribution in [0.1, 0.15) is 45.6 Å². The molecule has 1 aliphatic carbocycles. The second-order valence-electron chi connectivity index (χ2n) is 7.02. The molecule has 2 unspecified atom stereocenters. The number of aliphatic hydroxyl groups is 1. The molecule has 0 aliphatic heterocycles. The summed E-state index contributed by atoms with van der Waals surface area (Å²) >= 11 is 0. The minimum atomic E-state index is -0.726. The molecule has 3 heteroatoms. The smallest absolute Gasteiger partial charge is 0.165 e. The van der Waals surface area contributed by atoms with Gasteiger partial charge < -0.3 is 9.84 Å². The highest BCUT2D eigenvalue weighted by Crippen LogP contribution is 2.45. The van der Waals surface area contributed by atoms with Gasteiger partial charge in [0.2, 0.25) is 0 Å². The molecule has 1 aliphatic rings. The van der Waals surface area contributed by atoms with Crippen molar-refractivity contribution in [2.75, 3.05) is 7.11 Å². The molecule has 0 radical (unpaired) electrons. The maximum atomic E-state index is 13.7. The van der Waals surface area contributed by atoms with E-state index in [4.69, 9.17) is 4.74 Å². The summed E-state index contributed by atoms with van der Waals surface area (Å²) in [5.74, 6) is 0.104. The largest absolute Gasteiger partial charge is 0.494 e. The van der Waals surface area contributed by atoms with Crippen molar-refractivity contribution in [1.29, 1.82) is 0 Å². The third-order valence-corrected chi connectivity index (χ3v) is 4.74. The van der Waals surface area contributed by atoms with Crippen LogP contribution >= 0.6 is 0 Å². The highest BCUT2D eigenvalue weighted by Gasteiger charge is 2.42. The molecule has 2 atom stereocenters. The van der Waals surface area contributed by atoms with E-state index < -0.39 is 5.60 Å². The van der Waals surface area contributed by atoms with Gasteiger partial charge >= 0.3 is 0 Å². The van der Waals surface area contributed by atoms with E-state index in [0.29, 0.717) is 6.42 Å². The van der Waals surface area contributed by atoms with Crippen LogP contribution in [0.5, 0.6) is 5.75 Å². The van der Waals surface area contributed by atoms with E-state index in [1.54, 1.807) is 6.07 Å². The Morgan fingerprint density at radius 1 is 1.35 bits per heavy atom. The molecule has 1 fully saturated rings. The fourth-order valence-electron chi connectivity index (χ4n) is 3.36. The molecular weight excluding hydrogens is 255 g/mol. The number of methoxy groups -OCH3 is 1. The lowest BCUT2D eigenvalue weighted by molar-refractivity contribution is -0.0704. The van der Waals surface area contributed by atoms with Gasteiger partial charge in [0, 0.05) is 6.42 Å². The van der Waals surface area contributed by atoms with Gasteiger partial charge in [0.05, 0.1) is 12.7 Å². The third-order valence-electron chi connectivity index (χ3n) is 4.74. The molecule has 1 aromatic carbocycles. The molecule has 2 nitrogen and oxygen atoms in total. The van der Waals surface area contributed by atoms with Crippen molar-refractivity contribution in [3.05, 3.63) is 29.6 Å². The fraction of sp³-hybridized carbons (Fsp3) is 0.647. The molecule has 0 saturated heterocycles.